The minimum absolute atomic E-state index is 0.108. The van der Waals surface area contributed by atoms with Gasteiger partial charge in [-0.2, -0.15) is 0 Å². The van der Waals surface area contributed by atoms with E-state index in [9.17, 15) is 19.5 Å². The number of phenols is 1. The third-order valence-corrected chi connectivity index (χ3v) is 4.58. The average Bonchev–Trinajstić information content (AvgIpc) is 2.61. The van der Waals surface area contributed by atoms with E-state index in [4.69, 9.17) is 9.15 Å². The second-order valence-electron chi connectivity index (χ2n) is 6.18. The molecule has 1 aromatic heterocycles. The largest absolute Gasteiger partial charge is 0.507 e. The number of carbonyl (C=O) groups excluding carboxylic acids is 2. The molecule has 130 valence electrons. The first-order chi connectivity index (χ1) is 12.5. The van der Waals surface area contributed by atoms with Gasteiger partial charge in [0.05, 0.1) is 23.6 Å². The highest BCUT2D eigenvalue weighted by Gasteiger charge is 2.34. The van der Waals surface area contributed by atoms with Crippen LogP contribution in [0, 0.1) is 0 Å². The van der Waals surface area contributed by atoms with Crippen molar-refractivity contribution in [3.63, 3.8) is 0 Å². The van der Waals surface area contributed by atoms with Crippen LogP contribution in [-0.2, 0) is 4.79 Å². The lowest BCUT2D eigenvalue weighted by Crippen LogP contribution is -2.25. The number of aromatic hydroxyl groups is 1. The lowest BCUT2D eigenvalue weighted by atomic mass is 9.84. The van der Waals surface area contributed by atoms with Gasteiger partial charge in [-0.05, 0) is 31.2 Å². The van der Waals surface area contributed by atoms with Crippen molar-refractivity contribution in [2.45, 2.75) is 19.3 Å². The smallest absolute Gasteiger partial charge is 0.312 e. The van der Waals surface area contributed by atoms with Gasteiger partial charge in [0.2, 0.25) is 0 Å². The second-order valence-corrected chi connectivity index (χ2v) is 6.18. The zero-order chi connectivity index (χ0) is 18.4. The lowest BCUT2D eigenvalue weighted by molar-refractivity contribution is -0.135. The number of ketones is 1. The Balaban J connectivity index is 1.98. The second kappa shape index (κ2) is 5.84. The average molecular weight is 350 g/mol. The van der Waals surface area contributed by atoms with E-state index in [0.29, 0.717) is 11.0 Å². The number of phenolic OH excluding ortho intramolecular Hbond substituents is 1. The van der Waals surface area contributed by atoms with Crippen LogP contribution in [0.2, 0.25) is 0 Å². The minimum Gasteiger partial charge on any atom is -0.507 e. The summed E-state index contributed by atoms with van der Waals surface area (Å²) >= 11 is 0. The Labute approximate surface area is 147 Å². The maximum absolute atomic E-state index is 12.9. The summed E-state index contributed by atoms with van der Waals surface area (Å²) in [5.41, 5.74) is 0.737. The molecule has 6 nitrogen and oxygen atoms in total. The number of para-hydroxylation sites is 1. The number of ether oxygens (including phenoxy) is 1. The van der Waals surface area contributed by atoms with Crippen molar-refractivity contribution >= 4 is 22.7 Å². The molecule has 3 aromatic rings. The highest BCUT2D eigenvalue weighted by atomic mass is 16.5. The van der Waals surface area contributed by atoms with Crippen LogP contribution in [0.3, 0.4) is 0 Å². The van der Waals surface area contributed by atoms with Gasteiger partial charge in [0, 0.05) is 17.0 Å². The fourth-order valence-corrected chi connectivity index (χ4v) is 3.33. The first-order valence-corrected chi connectivity index (χ1v) is 8.05. The van der Waals surface area contributed by atoms with Crippen LogP contribution in [-0.4, -0.2) is 16.9 Å². The van der Waals surface area contributed by atoms with Gasteiger partial charge in [0.15, 0.2) is 11.2 Å². The van der Waals surface area contributed by atoms with E-state index < -0.39 is 11.9 Å². The molecular weight excluding hydrogens is 336 g/mol. The molecule has 6 heteroatoms. The van der Waals surface area contributed by atoms with Gasteiger partial charge in [-0.25, -0.2) is 0 Å². The Hall–Kier alpha value is -3.41. The third kappa shape index (κ3) is 2.38. The molecule has 4 rings (SSSR count). The minimum atomic E-state index is -0.758. The van der Waals surface area contributed by atoms with E-state index in [1.165, 1.54) is 25.3 Å². The fourth-order valence-electron chi connectivity index (χ4n) is 3.33. The van der Waals surface area contributed by atoms with Crippen molar-refractivity contribution in [1.29, 1.82) is 0 Å². The predicted molar refractivity (Wildman–Crippen MR) is 92.7 cm³/mol. The first kappa shape index (κ1) is 16.1. The number of fused-ring (bicyclic) bond motifs is 2. The van der Waals surface area contributed by atoms with Gasteiger partial charge in [-0.3, -0.25) is 14.4 Å². The monoisotopic (exact) mass is 350 g/mol. The van der Waals surface area contributed by atoms with Crippen molar-refractivity contribution in [1.82, 2.24) is 0 Å². The summed E-state index contributed by atoms with van der Waals surface area (Å²) in [5, 5.41) is 11.0. The molecule has 1 aliphatic heterocycles. The molecule has 0 aliphatic carbocycles. The number of benzene rings is 2. The summed E-state index contributed by atoms with van der Waals surface area (Å²) in [6.45, 7) is 1.33. The molecule has 0 saturated carbocycles. The van der Waals surface area contributed by atoms with E-state index in [2.05, 4.69) is 0 Å². The topological polar surface area (TPSA) is 93.8 Å². The summed E-state index contributed by atoms with van der Waals surface area (Å²) in [5.74, 6) is -1.75. The summed E-state index contributed by atoms with van der Waals surface area (Å²) in [4.78, 5) is 36.7. The van der Waals surface area contributed by atoms with Crippen LogP contribution >= 0.6 is 0 Å². The number of esters is 1. The molecule has 1 aliphatic rings. The molecule has 0 radical (unpaired) electrons. The number of Topliss-reactive ketones (excluding diaryl/α,β-unsaturated/α-hetero) is 1. The molecule has 1 N–H and O–H groups in total. The molecule has 1 atom stereocenters. The van der Waals surface area contributed by atoms with Gasteiger partial charge in [-0.1, -0.05) is 12.1 Å². The molecule has 0 fully saturated rings. The van der Waals surface area contributed by atoms with Crippen molar-refractivity contribution in [2.24, 2.45) is 0 Å². The zero-order valence-electron chi connectivity index (χ0n) is 13.8. The Morgan fingerprint density at radius 2 is 1.92 bits per heavy atom. The first-order valence-electron chi connectivity index (χ1n) is 8.05. The van der Waals surface area contributed by atoms with Crippen molar-refractivity contribution in [2.75, 3.05) is 0 Å². The highest BCUT2D eigenvalue weighted by molar-refractivity contribution is 5.98. The van der Waals surface area contributed by atoms with E-state index in [1.54, 1.807) is 24.3 Å². The number of hydrogen-bond donors (Lipinski definition) is 1. The Kier molecular flexibility index (Phi) is 3.61. The van der Waals surface area contributed by atoms with Crippen LogP contribution in [0.5, 0.6) is 11.5 Å². The molecule has 0 spiro atoms. The quantitative estimate of drug-likeness (QED) is 0.433. The summed E-state index contributed by atoms with van der Waals surface area (Å²) in [7, 11) is 0. The maximum atomic E-state index is 12.9. The highest BCUT2D eigenvalue weighted by Crippen LogP contribution is 2.44. The van der Waals surface area contributed by atoms with Crippen molar-refractivity contribution in [3.8, 4) is 11.5 Å². The van der Waals surface area contributed by atoms with Gasteiger partial charge < -0.3 is 14.3 Å². The van der Waals surface area contributed by atoms with Gasteiger partial charge in [0.25, 0.3) is 0 Å². The van der Waals surface area contributed by atoms with Crippen LogP contribution < -0.4 is 10.2 Å². The molecule has 0 unspecified atom stereocenters. The third-order valence-electron chi connectivity index (χ3n) is 4.58. The molecular formula is C20H14O6. The van der Waals surface area contributed by atoms with Crippen LogP contribution in [0.4, 0.5) is 0 Å². The Bertz CT molecular complexity index is 1120. The predicted octanol–water partition coefficient (Wildman–Crippen LogP) is 3.14. The van der Waals surface area contributed by atoms with Gasteiger partial charge in [0.1, 0.15) is 17.1 Å². The molecule has 0 bridgehead atoms. The lowest BCUT2D eigenvalue weighted by Gasteiger charge is -2.25. The number of hydrogen-bond acceptors (Lipinski definition) is 6. The Morgan fingerprint density at radius 3 is 2.69 bits per heavy atom. The van der Waals surface area contributed by atoms with E-state index in [0.717, 1.165) is 0 Å². The fraction of sp³-hybridized carbons (Fsp3) is 0.150. The maximum Gasteiger partial charge on any atom is 0.312 e. The molecule has 2 aromatic carbocycles. The summed E-state index contributed by atoms with van der Waals surface area (Å²) in [6.07, 6.45) is 1.17. The summed E-state index contributed by atoms with van der Waals surface area (Å²) in [6, 6.07) is 9.64. The van der Waals surface area contributed by atoms with E-state index in [-0.39, 0.29) is 45.8 Å². The number of rotatable bonds is 2. The zero-order valence-corrected chi connectivity index (χ0v) is 13.8. The van der Waals surface area contributed by atoms with Crippen molar-refractivity contribution < 1.29 is 23.8 Å². The van der Waals surface area contributed by atoms with E-state index in [1.807, 2.05) is 0 Å². The SMILES string of the molecule is CC(=O)c1ccc2c(c1O)[C@@H](c1coc3ccccc3c1=O)CC(=O)O2. The van der Waals surface area contributed by atoms with Crippen LogP contribution in [0.1, 0.15) is 40.7 Å². The standard InChI is InChI=1S/C20H14O6/c1-10(21)11-6-7-16-18(20(11)24)13(8-17(22)26-16)14-9-25-15-5-3-2-4-12(15)19(14)23/h2-7,9,13,24H,8H2,1H3/t13-/m1/s1. The molecule has 0 saturated heterocycles. The van der Waals surface area contributed by atoms with Crippen LogP contribution in [0.15, 0.2) is 51.9 Å². The summed E-state index contributed by atoms with van der Waals surface area (Å²) < 4.78 is 10.7. The molecule has 2 heterocycles. The van der Waals surface area contributed by atoms with E-state index >= 15 is 0 Å². The number of carbonyl (C=O) groups is 2. The van der Waals surface area contributed by atoms with Crippen LogP contribution in [0.25, 0.3) is 11.0 Å². The van der Waals surface area contributed by atoms with Gasteiger partial charge >= 0.3 is 5.97 Å². The molecule has 0 amide bonds. The van der Waals surface area contributed by atoms with Crippen molar-refractivity contribution in [3.05, 3.63) is 69.6 Å². The normalized spacial score (nSPS) is 16.2. The Morgan fingerprint density at radius 1 is 1.15 bits per heavy atom. The van der Waals surface area contributed by atoms with Gasteiger partial charge in [-0.15, -0.1) is 0 Å². The molecule has 26 heavy (non-hydrogen) atoms.